The van der Waals surface area contributed by atoms with Gasteiger partial charge in [0.25, 0.3) is 0 Å². The summed E-state index contributed by atoms with van der Waals surface area (Å²) in [5, 5.41) is 3.07. The Kier molecular flexibility index (Phi) is 9.96. The molecule has 34 heavy (non-hydrogen) atoms. The van der Waals surface area contributed by atoms with Gasteiger partial charge in [-0.25, -0.2) is 4.79 Å². The number of benzene rings is 2. The molecule has 180 valence electrons. The molecule has 1 aliphatic rings. The van der Waals surface area contributed by atoms with Gasteiger partial charge in [-0.15, -0.1) is 0 Å². The van der Waals surface area contributed by atoms with Crippen LogP contribution < -0.4 is 5.32 Å². The molecule has 5 heteroatoms. The number of hydrogen-bond donors (Lipinski definition) is 1. The number of carbonyl (C=O) groups is 2. The topological polar surface area (TPSA) is 58.6 Å². The van der Waals surface area contributed by atoms with Crippen LogP contribution in [0.15, 0.2) is 85.0 Å². The molecular formula is C29H36N2O3. The maximum atomic E-state index is 12.9. The van der Waals surface area contributed by atoms with Gasteiger partial charge in [-0.05, 0) is 36.8 Å². The Hall–Kier alpha value is -3.34. The first-order chi connectivity index (χ1) is 16.6. The molecule has 1 fully saturated rings. The number of amides is 2. The van der Waals surface area contributed by atoms with Gasteiger partial charge in [0.05, 0.1) is 6.61 Å². The molecule has 0 bridgehead atoms. The third-order valence-corrected chi connectivity index (χ3v) is 6.33. The van der Waals surface area contributed by atoms with Crippen molar-refractivity contribution in [2.24, 2.45) is 0 Å². The van der Waals surface area contributed by atoms with Gasteiger partial charge < -0.3 is 15.0 Å². The molecule has 0 spiro atoms. The average Bonchev–Trinajstić information content (AvgIpc) is 2.88. The molecule has 5 nitrogen and oxygen atoms in total. The summed E-state index contributed by atoms with van der Waals surface area (Å²) < 4.78 is 5.46. The van der Waals surface area contributed by atoms with E-state index in [1.807, 2.05) is 66.8 Å². The highest BCUT2D eigenvalue weighted by Gasteiger charge is 2.39. The molecule has 2 aromatic carbocycles. The zero-order valence-electron chi connectivity index (χ0n) is 20.1. The van der Waals surface area contributed by atoms with Gasteiger partial charge in [0.2, 0.25) is 5.91 Å². The summed E-state index contributed by atoms with van der Waals surface area (Å²) in [6.45, 7) is 4.14. The van der Waals surface area contributed by atoms with E-state index in [1.54, 1.807) is 4.90 Å². The van der Waals surface area contributed by atoms with Crippen molar-refractivity contribution in [3.63, 3.8) is 0 Å². The van der Waals surface area contributed by atoms with Crippen LogP contribution in [0.4, 0.5) is 4.79 Å². The number of nitrogens with one attached hydrogen (secondary N) is 1. The normalized spacial score (nSPS) is 15.5. The first-order valence-corrected chi connectivity index (χ1v) is 12.2. The lowest BCUT2D eigenvalue weighted by molar-refractivity contribution is -0.123. The molecule has 0 atom stereocenters. The van der Waals surface area contributed by atoms with Crippen molar-refractivity contribution in [1.29, 1.82) is 0 Å². The summed E-state index contributed by atoms with van der Waals surface area (Å²) >= 11 is 0. The van der Waals surface area contributed by atoms with Gasteiger partial charge >= 0.3 is 6.09 Å². The first-order valence-electron chi connectivity index (χ1n) is 12.2. The number of ether oxygens (including phenoxy) is 1. The highest BCUT2D eigenvalue weighted by atomic mass is 16.6. The van der Waals surface area contributed by atoms with Gasteiger partial charge in [0.1, 0.15) is 0 Å². The molecule has 0 aromatic heterocycles. The van der Waals surface area contributed by atoms with Crippen LogP contribution in [0.1, 0.15) is 50.2 Å². The van der Waals surface area contributed by atoms with Crippen molar-refractivity contribution in [2.75, 3.05) is 19.7 Å². The maximum absolute atomic E-state index is 12.9. The molecule has 2 aromatic rings. The van der Waals surface area contributed by atoms with Crippen LogP contribution in [-0.4, -0.2) is 36.6 Å². The van der Waals surface area contributed by atoms with Crippen molar-refractivity contribution in [1.82, 2.24) is 10.2 Å². The van der Waals surface area contributed by atoms with Crippen molar-refractivity contribution in [2.45, 2.75) is 51.0 Å². The van der Waals surface area contributed by atoms with E-state index in [0.29, 0.717) is 39.1 Å². The van der Waals surface area contributed by atoms with Crippen LogP contribution in [0.2, 0.25) is 0 Å². The fourth-order valence-electron chi connectivity index (χ4n) is 4.34. The number of nitrogens with zero attached hydrogens (tertiary/aromatic N) is 1. The molecule has 0 aliphatic carbocycles. The number of hydrogen-bond acceptors (Lipinski definition) is 3. The van der Waals surface area contributed by atoms with E-state index in [-0.39, 0.29) is 17.4 Å². The molecule has 3 rings (SSSR count). The summed E-state index contributed by atoms with van der Waals surface area (Å²) in [6, 6.07) is 20.1. The van der Waals surface area contributed by atoms with Gasteiger partial charge in [-0.3, -0.25) is 4.79 Å². The summed E-state index contributed by atoms with van der Waals surface area (Å²) in [4.78, 5) is 27.2. The van der Waals surface area contributed by atoms with Gasteiger partial charge in [0.15, 0.2) is 0 Å². The molecule has 2 amide bonds. The second-order valence-electron chi connectivity index (χ2n) is 8.74. The zero-order valence-corrected chi connectivity index (χ0v) is 20.1. The molecule has 0 radical (unpaired) electrons. The summed E-state index contributed by atoms with van der Waals surface area (Å²) in [7, 11) is 0. The van der Waals surface area contributed by atoms with Crippen LogP contribution >= 0.6 is 0 Å². The monoisotopic (exact) mass is 460 g/mol. The third kappa shape index (κ3) is 7.62. The van der Waals surface area contributed by atoms with E-state index >= 15 is 0 Å². The number of allylic oxidation sites excluding steroid dienone is 3. The summed E-state index contributed by atoms with van der Waals surface area (Å²) in [5.41, 5.74) is 1.95. The smallest absolute Gasteiger partial charge is 0.409 e. The fourth-order valence-corrected chi connectivity index (χ4v) is 4.34. The molecule has 1 heterocycles. The Morgan fingerprint density at radius 3 is 2.29 bits per heavy atom. The minimum Gasteiger partial charge on any atom is -0.449 e. The standard InChI is InChI=1S/C29H36N2O3/c1-2-3-4-5-6-13-22-34-28(33)31-20-18-29(19-21-31,26-16-11-8-12-17-26)23-27(32)30-24-25-14-9-7-10-15-25/h3-12,14-17H,2,13,18-24H2,1H3,(H,30,32)/b4-3-,6-5-. The van der Waals surface area contributed by atoms with E-state index in [2.05, 4.69) is 30.4 Å². The number of rotatable bonds is 10. The SMILES string of the molecule is CC/C=C\C=C/CCOC(=O)N1CCC(CC(=O)NCc2ccccc2)(c2ccccc2)CC1. The van der Waals surface area contributed by atoms with E-state index in [9.17, 15) is 9.59 Å². The Labute approximate surface area is 203 Å². The highest BCUT2D eigenvalue weighted by molar-refractivity contribution is 5.78. The largest absolute Gasteiger partial charge is 0.449 e. The van der Waals surface area contributed by atoms with Gasteiger partial charge in [0, 0.05) is 31.5 Å². The molecular weight excluding hydrogens is 424 g/mol. The highest BCUT2D eigenvalue weighted by Crippen LogP contribution is 2.38. The molecule has 1 aliphatic heterocycles. The zero-order chi connectivity index (χ0) is 24.1. The van der Waals surface area contributed by atoms with E-state index in [1.165, 1.54) is 0 Å². The maximum Gasteiger partial charge on any atom is 0.409 e. The Morgan fingerprint density at radius 1 is 0.971 bits per heavy atom. The average molecular weight is 461 g/mol. The van der Waals surface area contributed by atoms with Crippen LogP contribution in [0.5, 0.6) is 0 Å². The predicted molar refractivity (Wildman–Crippen MR) is 136 cm³/mol. The fraction of sp³-hybridized carbons (Fsp3) is 0.379. The van der Waals surface area contributed by atoms with Gasteiger partial charge in [-0.1, -0.05) is 91.9 Å². The van der Waals surface area contributed by atoms with Crippen LogP contribution in [0.25, 0.3) is 0 Å². The summed E-state index contributed by atoms with van der Waals surface area (Å²) in [6.07, 6.45) is 11.4. The Bertz CT molecular complexity index is 946. The lowest BCUT2D eigenvalue weighted by Gasteiger charge is -2.41. The minimum absolute atomic E-state index is 0.0349. The minimum atomic E-state index is -0.285. The second-order valence-corrected chi connectivity index (χ2v) is 8.74. The molecule has 0 unspecified atom stereocenters. The molecule has 0 saturated carbocycles. The molecule has 1 saturated heterocycles. The lowest BCUT2D eigenvalue weighted by Crippen LogP contribution is -2.47. The van der Waals surface area contributed by atoms with Crippen molar-refractivity contribution >= 4 is 12.0 Å². The quantitative estimate of drug-likeness (QED) is 0.361. The second kappa shape index (κ2) is 13.4. The van der Waals surface area contributed by atoms with E-state index in [4.69, 9.17) is 4.74 Å². The first kappa shape index (κ1) is 25.3. The number of carbonyl (C=O) groups excluding carboxylic acids is 2. The number of piperidine rings is 1. The lowest BCUT2D eigenvalue weighted by atomic mass is 9.70. The van der Waals surface area contributed by atoms with Crippen LogP contribution in [0, 0.1) is 0 Å². The Balaban J connectivity index is 1.54. The van der Waals surface area contributed by atoms with Gasteiger partial charge in [-0.2, -0.15) is 0 Å². The van der Waals surface area contributed by atoms with Crippen LogP contribution in [0.3, 0.4) is 0 Å². The van der Waals surface area contributed by atoms with E-state index in [0.717, 1.165) is 30.4 Å². The third-order valence-electron chi connectivity index (χ3n) is 6.33. The van der Waals surface area contributed by atoms with Crippen LogP contribution in [-0.2, 0) is 21.5 Å². The van der Waals surface area contributed by atoms with Crippen molar-refractivity contribution in [3.8, 4) is 0 Å². The number of likely N-dealkylation sites (tertiary alicyclic amines) is 1. The van der Waals surface area contributed by atoms with Crippen molar-refractivity contribution < 1.29 is 14.3 Å². The Morgan fingerprint density at radius 2 is 1.62 bits per heavy atom. The predicted octanol–water partition coefficient (Wildman–Crippen LogP) is 5.78. The molecule has 1 N–H and O–H groups in total. The van der Waals surface area contributed by atoms with E-state index < -0.39 is 0 Å². The van der Waals surface area contributed by atoms with Crippen molar-refractivity contribution in [3.05, 3.63) is 96.1 Å². The summed E-state index contributed by atoms with van der Waals surface area (Å²) in [5.74, 6) is 0.0349.